The number of rotatable bonds is 7. The summed E-state index contributed by atoms with van der Waals surface area (Å²) in [7, 11) is 3.15. The van der Waals surface area contributed by atoms with Crippen molar-refractivity contribution in [2.24, 2.45) is 5.92 Å². The molecule has 0 radical (unpaired) electrons. The van der Waals surface area contributed by atoms with Crippen LogP contribution < -0.4 is 15.4 Å². The summed E-state index contributed by atoms with van der Waals surface area (Å²) < 4.78 is 5.51. The molecule has 0 spiro atoms. The van der Waals surface area contributed by atoms with Gasteiger partial charge in [-0.1, -0.05) is 32.6 Å². The van der Waals surface area contributed by atoms with Gasteiger partial charge in [-0.05, 0) is 62.0 Å². The minimum atomic E-state index is -0.806. The molecule has 0 aliphatic carbocycles. The fraction of sp³-hybridized carbons (Fsp3) is 0.483. The number of ether oxygens (including phenoxy) is 1. The van der Waals surface area contributed by atoms with Crippen molar-refractivity contribution in [2.45, 2.75) is 58.2 Å². The van der Waals surface area contributed by atoms with Crippen LogP contribution in [-0.4, -0.2) is 78.8 Å². The molecular weight excluding hydrogens is 484 g/mol. The van der Waals surface area contributed by atoms with Gasteiger partial charge < -0.3 is 25.2 Å². The zero-order valence-corrected chi connectivity index (χ0v) is 23.0. The number of hydrogen-bond donors (Lipinski definition) is 2. The van der Waals surface area contributed by atoms with E-state index in [4.69, 9.17) is 4.74 Å². The first-order valence-electron chi connectivity index (χ1n) is 12.9. The van der Waals surface area contributed by atoms with Crippen LogP contribution in [0.25, 0.3) is 6.08 Å². The highest BCUT2D eigenvalue weighted by Crippen LogP contribution is 2.18. The van der Waals surface area contributed by atoms with E-state index in [0.29, 0.717) is 38.2 Å². The Kier molecular flexibility index (Phi) is 11.8. The topological polar surface area (TPSA) is 108 Å². The Bertz CT molecular complexity index is 1060. The maximum Gasteiger partial charge on any atom is 0.246 e. The molecule has 9 nitrogen and oxygen atoms in total. The number of benzene rings is 1. The molecule has 1 aromatic rings. The van der Waals surface area contributed by atoms with E-state index in [1.807, 2.05) is 26.0 Å². The van der Waals surface area contributed by atoms with Gasteiger partial charge in [0, 0.05) is 26.7 Å². The van der Waals surface area contributed by atoms with E-state index in [2.05, 4.69) is 22.9 Å². The fourth-order valence-electron chi connectivity index (χ4n) is 4.21. The van der Waals surface area contributed by atoms with Crippen LogP contribution in [0.3, 0.4) is 0 Å². The van der Waals surface area contributed by atoms with Crippen molar-refractivity contribution in [1.29, 1.82) is 0 Å². The molecule has 0 aromatic heterocycles. The Morgan fingerprint density at radius 3 is 2.47 bits per heavy atom. The lowest BCUT2D eigenvalue weighted by Gasteiger charge is -2.36. The van der Waals surface area contributed by atoms with Gasteiger partial charge in [0.05, 0.1) is 0 Å². The van der Waals surface area contributed by atoms with E-state index in [9.17, 15) is 19.2 Å². The molecule has 2 N–H and O–H groups in total. The second-order valence-electron chi connectivity index (χ2n) is 9.73. The van der Waals surface area contributed by atoms with E-state index >= 15 is 0 Å². The van der Waals surface area contributed by atoms with Crippen molar-refractivity contribution in [2.75, 3.05) is 27.2 Å². The van der Waals surface area contributed by atoms with Crippen molar-refractivity contribution >= 4 is 29.7 Å². The Hall–Kier alpha value is -3.84. The second-order valence-corrected chi connectivity index (χ2v) is 9.73. The summed E-state index contributed by atoms with van der Waals surface area (Å²) in [5.41, 5.74) is 3.44. The number of carbonyl (C=O) groups is 4. The van der Waals surface area contributed by atoms with Crippen LogP contribution in [0.15, 0.2) is 48.7 Å². The molecule has 1 fully saturated rings. The van der Waals surface area contributed by atoms with Gasteiger partial charge in [-0.3, -0.25) is 19.2 Å². The third-order valence-corrected chi connectivity index (χ3v) is 6.58. The van der Waals surface area contributed by atoms with Crippen molar-refractivity contribution in [3.05, 3.63) is 54.3 Å². The number of nitrogens with one attached hydrogen (secondary N) is 2. The van der Waals surface area contributed by atoms with Crippen LogP contribution in [0.2, 0.25) is 0 Å². The molecule has 38 heavy (non-hydrogen) atoms. The monoisotopic (exact) mass is 524 g/mol. The minimum absolute atomic E-state index is 0.199. The summed E-state index contributed by atoms with van der Waals surface area (Å²) in [6, 6.07) is 4.97. The van der Waals surface area contributed by atoms with Gasteiger partial charge in [0.15, 0.2) is 0 Å². The summed E-state index contributed by atoms with van der Waals surface area (Å²) in [6.07, 6.45) is 6.35. The van der Waals surface area contributed by atoms with Gasteiger partial charge in [0.2, 0.25) is 23.6 Å². The summed E-state index contributed by atoms with van der Waals surface area (Å²) in [5.74, 6) is -0.829. The van der Waals surface area contributed by atoms with Crippen LogP contribution in [0, 0.1) is 5.92 Å². The molecule has 1 saturated heterocycles. The molecule has 3 atom stereocenters. The van der Waals surface area contributed by atoms with Gasteiger partial charge in [-0.25, -0.2) is 0 Å². The molecule has 0 bridgehead atoms. The largest absolute Gasteiger partial charge is 0.489 e. The average Bonchev–Trinajstić information content (AvgIpc) is 2.90. The first-order valence-corrected chi connectivity index (χ1v) is 12.9. The highest BCUT2D eigenvalue weighted by molar-refractivity contribution is 5.97. The molecule has 1 aliphatic rings. The van der Waals surface area contributed by atoms with Crippen molar-refractivity contribution in [1.82, 2.24) is 20.4 Å². The molecule has 1 aliphatic heterocycles. The molecule has 4 amide bonds. The normalized spacial score (nSPS) is 21.7. The first kappa shape index (κ1) is 30.4. The Morgan fingerprint density at radius 1 is 1.16 bits per heavy atom. The van der Waals surface area contributed by atoms with Crippen LogP contribution in [0.4, 0.5) is 0 Å². The van der Waals surface area contributed by atoms with Gasteiger partial charge >= 0.3 is 0 Å². The molecule has 0 saturated carbocycles. The highest BCUT2D eigenvalue weighted by Gasteiger charge is 2.37. The standard InChI is InChI=1S/C29H40N4O5/c1-7-8-19-38-23-15-12-22(13-16-23)14-17-25(34)31-24-11-9-10-18-30-27(35)21(4)32(5)29(37)26(20(2)3)33(6)28(24)36/h8,12-17,20-21,24,26H,1,9-11,18-19H2,2-6H3,(H,30,35)(H,31,34)/b17-14+/t21-,24+,26-/m1/s1. The van der Waals surface area contributed by atoms with Crippen LogP contribution in [-0.2, 0) is 19.2 Å². The lowest BCUT2D eigenvalue weighted by molar-refractivity contribution is -0.149. The van der Waals surface area contributed by atoms with E-state index in [1.54, 1.807) is 45.3 Å². The van der Waals surface area contributed by atoms with E-state index in [1.165, 1.54) is 15.9 Å². The van der Waals surface area contributed by atoms with Gasteiger partial charge in [0.25, 0.3) is 0 Å². The van der Waals surface area contributed by atoms with E-state index < -0.39 is 24.0 Å². The molecule has 9 heteroatoms. The lowest BCUT2D eigenvalue weighted by Crippen LogP contribution is -2.58. The number of amides is 4. The second kappa shape index (κ2) is 14.8. The maximum atomic E-state index is 13.5. The number of nitrogens with zero attached hydrogens (tertiary/aromatic N) is 2. The van der Waals surface area contributed by atoms with Gasteiger partial charge in [-0.15, -0.1) is 5.73 Å². The third kappa shape index (κ3) is 8.63. The maximum absolute atomic E-state index is 13.5. The number of likely N-dealkylation sites (N-methyl/N-ethyl adjacent to an activating group) is 2. The van der Waals surface area contributed by atoms with Crippen LogP contribution >= 0.6 is 0 Å². The minimum Gasteiger partial charge on any atom is -0.489 e. The predicted octanol–water partition coefficient (Wildman–Crippen LogP) is 2.53. The molecular formula is C29H40N4O5. The molecule has 2 rings (SSSR count). The zero-order chi connectivity index (χ0) is 28.2. The summed E-state index contributed by atoms with van der Waals surface area (Å²) >= 11 is 0. The Labute approximate surface area is 225 Å². The molecule has 0 unspecified atom stereocenters. The summed E-state index contributed by atoms with van der Waals surface area (Å²) in [4.78, 5) is 54.9. The smallest absolute Gasteiger partial charge is 0.246 e. The van der Waals surface area contributed by atoms with Gasteiger partial charge in [0.1, 0.15) is 30.5 Å². The van der Waals surface area contributed by atoms with Crippen molar-refractivity contribution < 1.29 is 23.9 Å². The zero-order valence-electron chi connectivity index (χ0n) is 23.0. The molecule has 1 aromatic carbocycles. The van der Waals surface area contributed by atoms with Crippen LogP contribution in [0.5, 0.6) is 5.75 Å². The predicted molar refractivity (Wildman–Crippen MR) is 147 cm³/mol. The van der Waals surface area contributed by atoms with Gasteiger partial charge in [-0.2, -0.15) is 0 Å². The van der Waals surface area contributed by atoms with Crippen LogP contribution in [0.1, 0.15) is 45.6 Å². The summed E-state index contributed by atoms with van der Waals surface area (Å²) in [6.45, 7) is 9.66. The molecule has 206 valence electrons. The Morgan fingerprint density at radius 2 is 1.84 bits per heavy atom. The van der Waals surface area contributed by atoms with E-state index in [-0.39, 0.29) is 23.6 Å². The number of carbonyl (C=O) groups excluding carboxylic acids is 4. The Balaban J connectivity index is 2.17. The van der Waals surface area contributed by atoms with Crippen molar-refractivity contribution in [3.63, 3.8) is 0 Å². The van der Waals surface area contributed by atoms with E-state index in [0.717, 1.165) is 5.56 Å². The van der Waals surface area contributed by atoms with Crippen molar-refractivity contribution in [3.8, 4) is 5.75 Å². The number of hydrogen-bond acceptors (Lipinski definition) is 5. The average molecular weight is 525 g/mol. The lowest BCUT2D eigenvalue weighted by atomic mass is 9.99. The summed E-state index contributed by atoms with van der Waals surface area (Å²) in [5, 5.41) is 5.67. The highest BCUT2D eigenvalue weighted by atomic mass is 16.5. The molecule has 1 heterocycles. The quantitative estimate of drug-likeness (QED) is 0.421. The SMILES string of the molecule is C=C=CCOc1ccc(/C=C/C(=O)N[C@H]2CCCCNC(=O)[C@@H](C)N(C)C(=O)[C@@H](C(C)C)N(C)C2=O)cc1. The fourth-order valence-corrected chi connectivity index (χ4v) is 4.21. The third-order valence-electron chi connectivity index (χ3n) is 6.58. The first-order chi connectivity index (χ1) is 18.1.